The van der Waals surface area contributed by atoms with E-state index < -0.39 is 20.9 Å². The molecule has 1 amide bonds. The highest BCUT2D eigenvalue weighted by molar-refractivity contribution is 7.89. The topological polar surface area (TPSA) is 136 Å². The zero-order chi connectivity index (χ0) is 19.6. The summed E-state index contributed by atoms with van der Waals surface area (Å²) in [5.41, 5.74) is 0.875. The van der Waals surface area contributed by atoms with Crippen molar-refractivity contribution in [1.82, 2.24) is 0 Å². The first kappa shape index (κ1) is 18.8. The fourth-order valence-electron chi connectivity index (χ4n) is 2.97. The standard InChI is InChI=1S/C17H18N4O5S/c18-27(25,26)14-6-4-13(5-7-14)19-17(22)12-3-8-15(16(11-12)21(23)24)20-9-1-2-10-20/h3-8,11H,1-2,9-10H2,(H,19,22)(H2,18,25,26). The van der Waals surface area contributed by atoms with Crippen molar-refractivity contribution in [2.24, 2.45) is 5.14 Å². The van der Waals surface area contributed by atoms with Gasteiger partial charge in [0.2, 0.25) is 10.0 Å². The number of primary sulfonamides is 1. The Labute approximate surface area is 156 Å². The smallest absolute Gasteiger partial charge is 0.293 e. The van der Waals surface area contributed by atoms with Crippen LogP contribution in [0, 0.1) is 10.1 Å². The molecule has 1 fully saturated rings. The van der Waals surface area contributed by atoms with Crippen LogP contribution in [0.4, 0.5) is 17.1 Å². The second-order valence-corrected chi connectivity index (χ2v) is 7.74. The number of rotatable bonds is 5. The monoisotopic (exact) mass is 390 g/mol. The van der Waals surface area contributed by atoms with Gasteiger partial charge in [0.05, 0.1) is 9.82 Å². The minimum Gasteiger partial charge on any atom is -0.366 e. The normalized spacial score (nSPS) is 14.2. The minimum atomic E-state index is -3.82. The van der Waals surface area contributed by atoms with Crippen molar-refractivity contribution in [3.63, 3.8) is 0 Å². The number of hydrogen-bond donors (Lipinski definition) is 2. The summed E-state index contributed by atoms with van der Waals surface area (Å²) in [4.78, 5) is 25.2. The van der Waals surface area contributed by atoms with Crippen molar-refractivity contribution in [2.75, 3.05) is 23.3 Å². The van der Waals surface area contributed by atoms with Crippen LogP contribution in [-0.4, -0.2) is 32.3 Å². The first-order chi connectivity index (χ1) is 12.8. The lowest BCUT2D eigenvalue weighted by atomic mass is 10.1. The van der Waals surface area contributed by atoms with Crippen molar-refractivity contribution in [3.05, 3.63) is 58.1 Å². The predicted octanol–water partition coefficient (Wildman–Crippen LogP) is 2.09. The van der Waals surface area contributed by atoms with E-state index in [0.717, 1.165) is 25.9 Å². The highest BCUT2D eigenvalue weighted by Gasteiger charge is 2.24. The molecule has 0 bridgehead atoms. The van der Waals surface area contributed by atoms with Crippen LogP contribution in [0.25, 0.3) is 0 Å². The van der Waals surface area contributed by atoms with Gasteiger partial charge in [-0.05, 0) is 49.2 Å². The number of carbonyl (C=O) groups excluding carboxylic acids is 1. The average Bonchev–Trinajstić information content (AvgIpc) is 3.15. The Bertz CT molecular complexity index is 983. The Kier molecular flexibility index (Phi) is 5.10. The molecule has 3 N–H and O–H groups in total. The van der Waals surface area contributed by atoms with Crippen molar-refractivity contribution < 1.29 is 18.1 Å². The molecule has 0 spiro atoms. The van der Waals surface area contributed by atoms with Crippen LogP contribution >= 0.6 is 0 Å². The maximum Gasteiger partial charge on any atom is 0.293 e. The molecular weight excluding hydrogens is 372 g/mol. The van der Waals surface area contributed by atoms with Crippen molar-refractivity contribution in [1.29, 1.82) is 0 Å². The van der Waals surface area contributed by atoms with Gasteiger partial charge in [-0.2, -0.15) is 0 Å². The third-order valence-electron chi connectivity index (χ3n) is 4.32. The van der Waals surface area contributed by atoms with Crippen molar-refractivity contribution in [3.8, 4) is 0 Å². The van der Waals surface area contributed by atoms with Crippen LogP contribution in [0.1, 0.15) is 23.2 Å². The Hall–Kier alpha value is -2.98. The molecule has 1 aliphatic rings. The molecule has 27 heavy (non-hydrogen) atoms. The number of sulfonamides is 1. The number of benzene rings is 2. The lowest BCUT2D eigenvalue weighted by Gasteiger charge is -2.17. The van der Waals surface area contributed by atoms with Crippen LogP contribution in [0.15, 0.2) is 47.4 Å². The third-order valence-corrected chi connectivity index (χ3v) is 5.25. The lowest BCUT2D eigenvalue weighted by Crippen LogP contribution is -2.20. The second kappa shape index (κ2) is 7.33. The molecule has 0 unspecified atom stereocenters. The van der Waals surface area contributed by atoms with Gasteiger partial charge in [0.25, 0.3) is 11.6 Å². The van der Waals surface area contributed by atoms with Crippen LogP contribution in [-0.2, 0) is 10.0 Å². The summed E-state index contributed by atoms with van der Waals surface area (Å²) in [6.45, 7) is 1.51. The first-order valence-corrected chi connectivity index (χ1v) is 9.78. The Balaban J connectivity index is 1.82. The van der Waals surface area contributed by atoms with Gasteiger partial charge in [-0.15, -0.1) is 0 Å². The van der Waals surface area contributed by atoms with Gasteiger partial charge in [0, 0.05) is 30.4 Å². The number of anilines is 2. The Morgan fingerprint density at radius 3 is 2.30 bits per heavy atom. The molecule has 0 atom stereocenters. The van der Waals surface area contributed by atoms with Gasteiger partial charge < -0.3 is 10.2 Å². The molecule has 142 valence electrons. The minimum absolute atomic E-state index is 0.0777. The van der Waals surface area contributed by atoms with E-state index in [2.05, 4.69) is 5.32 Å². The highest BCUT2D eigenvalue weighted by atomic mass is 32.2. The van der Waals surface area contributed by atoms with Crippen molar-refractivity contribution in [2.45, 2.75) is 17.7 Å². The van der Waals surface area contributed by atoms with Crippen LogP contribution < -0.4 is 15.4 Å². The van der Waals surface area contributed by atoms with E-state index in [1.807, 2.05) is 4.90 Å². The first-order valence-electron chi connectivity index (χ1n) is 8.23. The van der Waals surface area contributed by atoms with E-state index in [1.54, 1.807) is 6.07 Å². The van der Waals surface area contributed by atoms with E-state index >= 15 is 0 Å². The maximum atomic E-state index is 12.4. The van der Waals surface area contributed by atoms with Crippen LogP contribution in [0.2, 0.25) is 0 Å². The molecule has 0 radical (unpaired) electrons. The molecule has 1 aliphatic heterocycles. The quantitative estimate of drug-likeness (QED) is 0.593. The summed E-state index contributed by atoms with van der Waals surface area (Å²) in [5.74, 6) is -0.533. The van der Waals surface area contributed by atoms with E-state index in [9.17, 15) is 23.3 Å². The molecule has 2 aromatic rings. The average molecular weight is 390 g/mol. The third kappa shape index (κ3) is 4.23. The summed E-state index contributed by atoms with van der Waals surface area (Å²) < 4.78 is 22.5. The Morgan fingerprint density at radius 1 is 1.11 bits per heavy atom. The fourth-order valence-corrected chi connectivity index (χ4v) is 3.48. The number of hydrogen-bond acceptors (Lipinski definition) is 6. The highest BCUT2D eigenvalue weighted by Crippen LogP contribution is 2.31. The maximum absolute atomic E-state index is 12.4. The largest absolute Gasteiger partial charge is 0.366 e. The van der Waals surface area contributed by atoms with E-state index in [-0.39, 0.29) is 16.1 Å². The summed E-state index contributed by atoms with van der Waals surface area (Å²) in [6.07, 6.45) is 1.96. The van der Waals surface area contributed by atoms with Gasteiger partial charge >= 0.3 is 0 Å². The molecule has 0 aromatic heterocycles. The zero-order valence-electron chi connectivity index (χ0n) is 14.3. The number of nitrogens with two attached hydrogens (primary N) is 1. The molecule has 10 heteroatoms. The summed E-state index contributed by atoms with van der Waals surface area (Å²) in [7, 11) is -3.82. The zero-order valence-corrected chi connectivity index (χ0v) is 15.1. The fraction of sp³-hybridized carbons (Fsp3) is 0.235. The molecule has 0 aliphatic carbocycles. The molecule has 2 aromatic carbocycles. The van der Waals surface area contributed by atoms with Crippen molar-refractivity contribution >= 4 is 33.0 Å². The number of nitro benzene ring substituents is 1. The second-order valence-electron chi connectivity index (χ2n) is 6.18. The molecule has 9 nitrogen and oxygen atoms in total. The van der Waals surface area contributed by atoms with Gasteiger partial charge in [0.15, 0.2) is 0 Å². The van der Waals surface area contributed by atoms with Crippen LogP contribution in [0.5, 0.6) is 0 Å². The summed E-state index contributed by atoms with van der Waals surface area (Å²) in [5, 5.41) is 19.0. The summed E-state index contributed by atoms with van der Waals surface area (Å²) >= 11 is 0. The molecular formula is C17H18N4O5S. The van der Waals surface area contributed by atoms with Gasteiger partial charge in [-0.25, -0.2) is 13.6 Å². The van der Waals surface area contributed by atoms with E-state index in [1.165, 1.54) is 36.4 Å². The number of nitrogens with one attached hydrogen (secondary N) is 1. The number of amides is 1. The lowest BCUT2D eigenvalue weighted by molar-refractivity contribution is -0.384. The van der Waals surface area contributed by atoms with Gasteiger partial charge in [-0.3, -0.25) is 14.9 Å². The van der Waals surface area contributed by atoms with Gasteiger partial charge in [-0.1, -0.05) is 0 Å². The Morgan fingerprint density at radius 2 is 1.74 bits per heavy atom. The molecule has 3 rings (SSSR count). The number of nitro groups is 1. The van der Waals surface area contributed by atoms with E-state index in [4.69, 9.17) is 5.14 Å². The molecule has 0 saturated carbocycles. The predicted molar refractivity (Wildman–Crippen MR) is 100 cm³/mol. The van der Waals surface area contributed by atoms with Crippen LogP contribution in [0.3, 0.4) is 0 Å². The summed E-state index contributed by atoms with van der Waals surface area (Å²) in [6, 6.07) is 9.70. The molecule has 1 saturated heterocycles. The molecule has 1 heterocycles. The SMILES string of the molecule is NS(=O)(=O)c1ccc(NC(=O)c2ccc(N3CCCC3)c([N+](=O)[O-])c2)cc1. The number of nitrogens with zero attached hydrogens (tertiary/aromatic N) is 2. The number of carbonyl (C=O) groups is 1. The van der Waals surface area contributed by atoms with Gasteiger partial charge in [0.1, 0.15) is 5.69 Å². The van der Waals surface area contributed by atoms with E-state index in [0.29, 0.717) is 11.4 Å².